The van der Waals surface area contributed by atoms with Crippen molar-refractivity contribution in [1.82, 2.24) is 15.0 Å². The maximum Gasteiger partial charge on any atom is 0.163 e. The first-order chi connectivity index (χ1) is 10.3. The van der Waals surface area contributed by atoms with Crippen molar-refractivity contribution in [2.75, 3.05) is 0 Å². The van der Waals surface area contributed by atoms with Crippen LogP contribution in [0.3, 0.4) is 0 Å². The molecule has 2 aromatic heterocycles. The second-order valence-electron chi connectivity index (χ2n) is 3.90. The first-order valence-electron chi connectivity index (χ1n) is 7.32. The minimum atomic E-state index is 0.493. The molecule has 3 aromatic rings. The van der Waals surface area contributed by atoms with Gasteiger partial charge in [0, 0.05) is 11.8 Å². The van der Waals surface area contributed by atoms with Crippen molar-refractivity contribution in [3.05, 3.63) is 47.2 Å². The van der Waals surface area contributed by atoms with Gasteiger partial charge in [-0.05, 0) is 12.5 Å². The summed E-state index contributed by atoms with van der Waals surface area (Å²) in [6.45, 7) is 9.98. The van der Waals surface area contributed by atoms with Gasteiger partial charge in [0.05, 0.1) is 5.39 Å². The molecule has 0 spiro atoms. The van der Waals surface area contributed by atoms with Crippen molar-refractivity contribution in [1.29, 1.82) is 0 Å². The number of aromatic amines is 1. The van der Waals surface area contributed by atoms with Crippen molar-refractivity contribution >= 4 is 22.6 Å². The summed E-state index contributed by atoms with van der Waals surface area (Å²) in [7, 11) is 0. The zero-order valence-electron chi connectivity index (χ0n) is 13.2. The van der Waals surface area contributed by atoms with Gasteiger partial charge in [-0.15, -0.1) is 0 Å². The molecule has 3 nitrogen and oxygen atoms in total. The van der Waals surface area contributed by atoms with Crippen molar-refractivity contribution < 1.29 is 0 Å². The van der Waals surface area contributed by atoms with Crippen LogP contribution in [0.4, 0.5) is 0 Å². The van der Waals surface area contributed by atoms with Crippen LogP contribution in [0.5, 0.6) is 0 Å². The van der Waals surface area contributed by atoms with E-state index in [-0.39, 0.29) is 0 Å². The van der Waals surface area contributed by atoms with E-state index in [1.165, 1.54) is 0 Å². The number of nitrogens with one attached hydrogen (secondary N) is 1. The molecule has 4 heteroatoms. The van der Waals surface area contributed by atoms with E-state index < -0.39 is 0 Å². The summed E-state index contributed by atoms with van der Waals surface area (Å²) >= 11 is 6.19. The number of hydrogen-bond acceptors (Lipinski definition) is 2. The van der Waals surface area contributed by atoms with Gasteiger partial charge in [0.25, 0.3) is 0 Å². The van der Waals surface area contributed by atoms with Crippen LogP contribution in [0.15, 0.2) is 36.5 Å². The van der Waals surface area contributed by atoms with Crippen molar-refractivity contribution in [3.8, 4) is 11.4 Å². The summed E-state index contributed by atoms with van der Waals surface area (Å²) in [5.41, 5.74) is 2.80. The number of hydrogen-bond donors (Lipinski definition) is 1. The van der Waals surface area contributed by atoms with Gasteiger partial charge in [-0.2, -0.15) is 0 Å². The van der Waals surface area contributed by atoms with Gasteiger partial charge in [0.1, 0.15) is 10.8 Å². The summed E-state index contributed by atoms with van der Waals surface area (Å²) in [5.74, 6) is 0.643. The lowest BCUT2D eigenvalue weighted by atomic mass is 10.2. The largest absolute Gasteiger partial charge is 0.346 e. The van der Waals surface area contributed by atoms with Crippen molar-refractivity contribution in [3.63, 3.8) is 0 Å². The van der Waals surface area contributed by atoms with Crippen LogP contribution in [-0.4, -0.2) is 15.0 Å². The second kappa shape index (κ2) is 8.42. The van der Waals surface area contributed by atoms with Crippen LogP contribution < -0.4 is 0 Å². The maximum absolute atomic E-state index is 6.19. The predicted molar refractivity (Wildman–Crippen MR) is 91.8 cm³/mol. The normalized spacial score (nSPS) is 9.43. The van der Waals surface area contributed by atoms with Gasteiger partial charge in [-0.25, -0.2) is 9.97 Å². The SMILES string of the molecule is CC.CC.Cc1c[nH]c2nc(-c3ccccc3)nc(Cl)c12. The Balaban J connectivity index is 0.000000510. The van der Waals surface area contributed by atoms with E-state index in [9.17, 15) is 0 Å². The van der Waals surface area contributed by atoms with Gasteiger partial charge < -0.3 is 4.98 Å². The number of nitrogens with zero attached hydrogens (tertiary/aromatic N) is 2. The number of aryl methyl sites for hydroxylation is 1. The number of rotatable bonds is 1. The Hall–Kier alpha value is -1.87. The molecule has 0 fully saturated rings. The fourth-order valence-corrected chi connectivity index (χ4v) is 2.17. The summed E-state index contributed by atoms with van der Waals surface area (Å²) in [6, 6.07) is 9.80. The lowest BCUT2D eigenvalue weighted by Crippen LogP contribution is -1.91. The molecule has 112 valence electrons. The summed E-state index contributed by atoms with van der Waals surface area (Å²) in [5, 5.41) is 1.39. The molecule has 1 N–H and O–H groups in total. The number of aromatic nitrogens is 3. The lowest BCUT2D eigenvalue weighted by molar-refractivity contribution is 1.21. The highest BCUT2D eigenvalue weighted by molar-refractivity contribution is 6.34. The van der Waals surface area contributed by atoms with Crippen molar-refractivity contribution in [2.45, 2.75) is 34.6 Å². The number of H-pyrrole nitrogens is 1. The van der Waals surface area contributed by atoms with Gasteiger partial charge in [-0.3, -0.25) is 0 Å². The molecule has 0 amide bonds. The third kappa shape index (κ3) is 3.82. The molecule has 21 heavy (non-hydrogen) atoms. The summed E-state index contributed by atoms with van der Waals surface area (Å²) in [4.78, 5) is 11.9. The topological polar surface area (TPSA) is 41.6 Å². The Morgan fingerprint density at radius 3 is 2.19 bits per heavy atom. The molecule has 3 rings (SSSR count). The molecular formula is C17H22ClN3. The zero-order valence-corrected chi connectivity index (χ0v) is 14.0. The molecule has 0 unspecified atom stereocenters. The molecule has 0 radical (unpaired) electrons. The fraction of sp³-hybridized carbons (Fsp3) is 0.294. The molecule has 0 atom stereocenters. The molecular weight excluding hydrogens is 282 g/mol. The third-order valence-corrected chi connectivity index (χ3v) is 2.99. The minimum absolute atomic E-state index is 0.493. The summed E-state index contributed by atoms with van der Waals surface area (Å²) < 4.78 is 0. The number of benzene rings is 1. The van der Waals surface area contributed by atoms with Crippen LogP contribution >= 0.6 is 11.6 Å². The van der Waals surface area contributed by atoms with Crippen molar-refractivity contribution in [2.24, 2.45) is 0 Å². The van der Waals surface area contributed by atoms with E-state index in [0.29, 0.717) is 11.0 Å². The van der Waals surface area contributed by atoms with Gasteiger partial charge in [-0.1, -0.05) is 69.6 Å². The highest BCUT2D eigenvalue weighted by Crippen LogP contribution is 2.26. The predicted octanol–water partition coefficient (Wildman–Crippen LogP) is 5.64. The maximum atomic E-state index is 6.19. The zero-order chi connectivity index (χ0) is 15.8. The Morgan fingerprint density at radius 2 is 1.57 bits per heavy atom. The van der Waals surface area contributed by atoms with Gasteiger partial charge >= 0.3 is 0 Å². The molecule has 0 aliphatic carbocycles. The lowest BCUT2D eigenvalue weighted by Gasteiger charge is -2.01. The average Bonchev–Trinajstić information content (AvgIpc) is 2.94. The first kappa shape index (κ1) is 17.2. The minimum Gasteiger partial charge on any atom is -0.346 e. The third-order valence-electron chi connectivity index (χ3n) is 2.72. The van der Waals surface area contributed by atoms with Crippen LogP contribution in [0.1, 0.15) is 33.3 Å². The smallest absolute Gasteiger partial charge is 0.163 e. The molecule has 2 heterocycles. The van der Waals surface area contributed by atoms with Crippen LogP contribution in [0, 0.1) is 6.92 Å². The van der Waals surface area contributed by atoms with E-state index in [2.05, 4.69) is 15.0 Å². The van der Waals surface area contributed by atoms with Gasteiger partial charge in [0.2, 0.25) is 0 Å². The number of halogens is 1. The molecule has 1 aromatic carbocycles. The van der Waals surface area contributed by atoms with E-state index in [4.69, 9.17) is 11.6 Å². The number of fused-ring (bicyclic) bond motifs is 1. The fourth-order valence-electron chi connectivity index (χ4n) is 1.85. The second-order valence-corrected chi connectivity index (χ2v) is 4.26. The molecule has 0 saturated heterocycles. The Kier molecular flexibility index (Phi) is 6.89. The van der Waals surface area contributed by atoms with E-state index in [1.54, 1.807) is 0 Å². The quantitative estimate of drug-likeness (QED) is 0.591. The van der Waals surface area contributed by atoms with Gasteiger partial charge in [0.15, 0.2) is 5.82 Å². The Labute approximate surface area is 131 Å². The standard InChI is InChI=1S/C13H10ClN3.2C2H6/c1-8-7-15-13-10(8)11(14)16-12(17-13)9-5-3-2-4-6-9;2*1-2/h2-7H,1H3,(H,15,16,17);2*1-2H3. The first-order valence-corrected chi connectivity index (χ1v) is 7.70. The Bertz CT molecular complexity index is 675. The molecule has 0 aliphatic rings. The average molecular weight is 304 g/mol. The van der Waals surface area contributed by atoms with Crippen LogP contribution in [-0.2, 0) is 0 Å². The highest BCUT2D eigenvalue weighted by Gasteiger charge is 2.10. The van der Waals surface area contributed by atoms with E-state index >= 15 is 0 Å². The summed E-state index contributed by atoms with van der Waals surface area (Å²) in [6.07, 6.45) is 1.89. The molecule has 0 saturated carbocycles. The Morgan fingerprint density at radius 1 is 0.952 bits per heavy atom. The molecule has 0 aliphatic heterocycles. The van der Waals surface area contributed by atoms with E-state index in [0.717, 1.165) is 22.2 Å². The van der Waals surface area contributed by atoms with Crippen LogP contribution in [0.25, 0.3) is 22.4 Å². The molecule has 0 bridgehead atoms. The van der Waals surface area contributed by atoms with Crippen LogP contribution in [0.2, 0.25) is 5.15 Å². The van der Waals surface area contributed by atoms with E-state index in [1.807, 2.05) is 71.1 Å². The highest BCUT2D eigenvalue weighted by atomic mass is 35.5. The monoisotopic (exact) mass is 303 g/mol.